The van der Waals surface area contributed by atoms with Gasteiger partial charge in [-0.15, -0.1) is 0 Å². The molecule has 9 nitrogen and oxygen atoms in total. The van der Waals surface area contributed by atoms with E-state index in [-0.39, 0.29) is 29.2 Å². The summed E-state index contributed by atoms with van der Waals surface area (Å²) < 4.78 is 16.4. The summed E-state index contributed by atoms with van der Waals surface area (Å²) in [6, 6.07) is 14.8. The van der Waals surface area contributed by atoms with Gasteiger partial charge in [-0.2, -0.15) is 10.5 Å². The molecular formula is C35H34N2O7. The third-order valence-corrected chi connectivity index (χ3v) is 10.0. The number of hydrogen-bond donors (Lipinski definition) is 0. The molecule has 2 aliphatic heterocycles. The molecule has 4 aliphatic rings. The van der Waals surface area contributed by atoms with Gasteiger partial charge >= 0.3 is 23.9 Å². The first-order valence-electron chi connectivity index (χ1n) is 15.6. The Morgan fingerprint density at radius 3 is 2.18 bits per heavy atom. The molecule has 0 N–H and O–H groups in total. The minimum atomic E-state index is -1.14. The number of hydrogen-bond acceptors (Lipinski definition) is 9. The molecule has 0 aromatic heterocycles. The lowest BCUT2D eigenvalue weighted by molar-refractivity contribution is -0.156. The van der Waals surface area contributed by atoms with Crippen LogP contribution in [0.2, 0.25) is 0 Å². The summed E-state index contributed by atoms with van der Waals surface area (Å²) in [7, 11) is 0. The number of carbonyl (C=O) groups is 4. The zero-order valence-electron chi connectivity index (χ0n) is 24.6. The fourth-order valence-electron chi connectivity index (χ4n) is 7.88. The smallest absolute Gasteiger partial charge is 0.322 e. The Balaban J connectivity index is 1.36. The summed E-state index contributed by atoms with van der Waals surface area (Å²) >= 11 is 0. The van der Waals surface area contributed by atoms with Gasteiger partial charge in [-0.05, 0) is 60.3 Å². The molecule has 0 amide bonds. The molecule has 2 heterocycles. The monoisotopic (exact) mass is 594 g/mol. The minimum absolute atomic E-state index is 0.0481. The van der Waals surface area contributed by atoms with Crippen LogP contribution in [0.1, 0.15) is 110 Å². The molecule has 226 valence electrons. The number of carbonyl (C=O) groups excluding carboxylic acids is 4. The van der Waals surface area contributed by atoms with Gasteiger partial charge in [-0.3, -0.25) is 19.2 Å². The van der Waals surface area contributed by atoms with Crippen LogP contribution >= 0.6 is 0 Å². The third-order valence-electron chi connectivity index (χ3n) is 10.0. The Morgan fingerprint density at radius 2 is 1.52 bits per heavy atom. The van der Waals surface area contributed by atoms with Crippen molar-refractivity contribution in [1.29, 1.82) is 10.5 Å². The molecule has 9 heteroatoms. The van der Waals surface area contributed by atoms with Gasteiger partial charge in [-0.1, -0.05) is 62.9 Å². The van der Waals surface area contributed by atoms with Crippen molar-refractivity contribution in [3.8, 4) is 17.9 Å². The molecule has 0 bridgehead atoms. The van der Waals surface area contributed by atoms with Gasteiger partial charge in [0.1, 0.15) is 35.5 Å². The molecule has 6 rings (SSSR count). The first-order chi connectivity index (χ1) is 21.4. The maximum atomic E-state index is 13.2. The van der Waals surface area contributed by atoms with Crippen molar-refractivity contribution >= 4 is 23.9 Å². The summed E-state index contributed by atoms with van der Waals surface area (Å²) in [6.45, 7) is 2.20. The van der Waals surface area contributed by atoms with Crippen molar-refractivity contribution in [2.45, 2.75) is 88.6 Å². The average molecular weight is 595 g/mol. The number of fused-ring (bicyclic) bond motifs is 3. The van der Waals surface area contributed by atoms with Crippen LogP contribution < -0.4 is 4.74 Å². The first kappa shape index (κ1) is 29.6. The van der Waals surface area contributed by atoms with E-state index >= 15 is 0 Å². The zero-order chi connectivity index (χ0) is 31.0. The van der Waals surface area contributed by atoms with Crippen LogP contribution in [0.3, 0.4) is 0 Å². The van der Waals surface area contributed by atoms with Crippen LogP contribution in [0.15, 0.2) is 36.4 Å². The van der Waals surface area contributed by atoms with E-state index in [4.69, 9.17) is 14.2 Å². The second-order valence-corrected chi connectivity index (χ2v) is 12.4. The fraction of sp³-hybridized carbons (Fsp3) is 0.486. The Hall–Kier alpha value is -4.50. The highest BCUT2D eigenvalue weighted by atomic mass is 16.6. The zero-order valence-corrected chi connectivity index (χ0v) is 24.6. The Labute approximate surface area is 256 Å². The maximum absolute atomic E-state index is 13.2. The van der Waals surface area contributed by atoms with Crippen LogP contribution in [-0.4, -0.2) is 30.0 Å². The maximum Gasteiger partial charge on any atom is 0.322 e. The Morgan fingerprint density at radius 1 is 0.795 bits per heavy atom. The summed E-state index contributed by atoms with van der Waals surface area (Å²) in [4.78, 5) is 51.2. The minimum Gasteiger partial charge on any atom is -0.487 e. The molecule has 1 saturated carbocycles. The van der Waals surface area contributed by atoms with Gasteiger partial charge in [0.25, 0.3) is 0 Å². The van der Waals surface area contributed by atoms with Crippen LogP contribution in [0.25, 0.3) is 0 Å². The van der Waals surface area contributed by atoms with E-state index in [0.717, 1.165) is 31.2 Å². The summed E-state index contributed by atoms with van der Waals surface area (Å²) in [5.41, 5.74) is 2.21. The van der Waals surface area contributed by atoms with Crippen LogP contribution in [-0.2, 0) is 28.7 Å². The number of unbranched alkanes of at least 4 members (excludes halogenated alkanes) is 2. The van der Waals surface area contributed by atoms with Crippen molar-refractivity contribution in [3.05, 3.63) is 64.2 Å². The normalized spacial score (nSPS) is 29.2. The van der Waals surface area contributed by atoms with Crippen LogP contribution in [0.5, 0.6) is 5.75 Å². The number of cyclic esters (lactones) is 4. The van der Waals surface area contributed by atoms with E-state index in [0.29, 0.717) is 17.0 Å². The lowest BCUT2D eigenvalue weighted by Crippen LogP contribution is -2.46. The van der Waals surface area contributed by atoms with Gasteiger partial charge in [0.2, 0.25) is 0 Å². The van der Waals surface area contributed by atoms with E-state index in [9.17, 15) is 29.7 Å². The predicted octanol–water partition coefficient (Wildman–Crippen LogP) is 5.70. The van der Waals surface area contributed by atoms with E-state index in [1.54, 1.807) is 30.3 Å². The molecule has 0 spiro atoms. The number of benzene rings is 2. The van der Waals surface area contributed by atoms with Gasteiger partial charge in [0, 0.05) is 5.92 Å². The molecule has 2 aromatic rings. The number of esters is 4. The third kappa shape index (κ3) is 5.15. The van der Waals surface area contributed by atoms with Gasteiger partial charge < -0.3 is 14.2 Å². The number of nitriles is 2. The SMILES string of the molecule is CCCCCC1CCC(c2ccc(OC3C4C(=O)OC(=O)C4c4ccccc4C3C3CC(=O)OC3=O)c(C#N)c2C#N)CC1. The van der Waals surface area contributed by atoms with E-state index in [1.165, 1.54) is 25.7 Å². The van der Waals surface area contributed by atoms with E-state index in [2.05, 4.69) is 19.1 Å². The predicted molar refractivity (Wildman–Crippen MR) is 155 cm³/mol. The van der Waals surface area contributed by atoms with Gasteiger partial charge in [-0.25, -0.2) is 0 Å². The average Bonchev–Trinajstić information content (AvgIpc) is 3.52. The first-order valence-corrected chi connectivity index (χ1v) is 15.6. The molecule has 5 unspecified atom stereocenters. The largest absolute Gasteiger partial charge is 0.487 e. The second kappa shape index (κ2) is 12.2. The molecule has 2 aromatic carbocycles. The summed E-state index contributed by atoms with van der Waals surface area (Å²) in [5, 5.41) is 20.6. The van der Waals surface area contributed by atoms with Crippen molar-refractivity contribution in [3.63, 3.8) is 0 Å². The van der Waals surface area contributed by atoms with Crippen molar-refractivity contribution < 1.29 is 33.4 Å². The van der Waals surface area contributed by atoms with Crippen molar-refractivity contribution in [2.75, 3.05) is 0 Å². The number of nitrogens with zero attached hydrogens (tertiary/aromatic N) is 2. The Bertz CT molecular complexity index is 1590. The second-order valence-electron chi connectivity index (χ2n) is 12.4. The highest BCUT2D eigenvalue weighted by Crippen LogP contribution is 2.52. The van der Waals surface area contributed by atoms with E-state index < -0.39 is 53.7 Å². The quantitative estimate of drug-likeness (QED) is 0.213. The van der Waals surface area contributed by atoms with Crippen LogP contribution in [0.4, 0.5) is 0 Å². The van der Waals surface area contributed by atoms with Gasteiger partial charge in [0.15, 0.2) is 0 Å². The lowest BCUT2D eigenvalue weighted by Gasteiger charge is -2.40. The highest BCUT2D eigenvalue weighted by Gasteiger charge is 2.60. The topological polar surface area (TPSA) is 144 Å². The summed E-state index contributed by atoms with van der Waals surface area (Å²) in [5.74, 6) is -5.93. The number of rotatable bonds is 8. The molecule has 3 fully saturated rings. The molecular weight excluding hydrogens is 560 g/mol. The number of ether oxygens (including phenoxy) is 3. The lowest BCUT2D eigenvalue weighted by atomic mass is 9.65. The molecule has 0 radical (unpaired) electrons. The van der Waals surface area contributed by atoms with Crippen molar-refractivity contribution in [2.24, 2.45) is 17.8 Å². The molecule has 5 atom stereocenters. The highest BCUT2D eigenvalue weighted by molar-refractivity contribution is 6.01. The molecule has 2 aliphatic carbocycles. The van der Waals surface area contributed by atoms with Crippen LogP contribution in [0, 0.1) is 40.4 Å². The molecule has 44 heavy (non-hydrogen) atoms. The summed E-state index contributed by atoms with van der Waals surface area (Å²) in [6.07, 6.45) is 7.58. The fourth-order valence-corrected chi connectivity index (χ4v) is 7.88. The standard InChI is InChI=1S/C35H34N2O7/c1-2-3-4-7-19-10-12-20(13-11-19)21-14-15-27(26(18-37)25(21)17-36)42-32-29(24-16-28(38)43-33(24)39)22-8-5-6-9-23(22)30-31(32)35(41)44-34(30)40/h5-6,8-9,14-15,19-20,24,29-32H,2-4,7,10-13,16H2,1H3. The van der Waals surface area contributed by atoms with Crippen molar-refractivity contribution in [1.82, 2.24) is 0 Å². The van der Waals surface area contributed by atoms with Gasteiger partial charge in [0.05, 0.1) is 23.8 Å². The van der Waals surface area contributed by atoms with E-state index in [1.807, 2.05) is 6.07 Å². The Kier molecular flexibility index (Phi) is 8.23. The molecule has 2 saturated heterocycles.